The third-order valence-electron chi connectivity index (χ3n) is 5.56. The number of hydrogen-bond donors (Lipinski definition) is 2. The van der Waals surface area contributed by atoms with E-state index in [1.165, 1.54) is 24.0 Å². The molecule has 2 N–H and O–H groups in total. The quantitative estimate of drug-likeness (QED) is 0.557. The lowest BCUT2D eigenvalue weighted by Gasteiger charge is -2.17. The van der Waals surface area contributed by atoms with E-state index in [4.69, 9.17) is 9.47 Å². The van der Waals surface area contributed by atoms with Crippen molar-refractivity contribution in [2.45, 2.75) is 51.2 Å². The Morgan fingerprint density at radius 1 is 1.24 bits per heavy atom. The largest absolute Gasteiger partial charge is 0.493 e. The number of aromatic nitrogens is 1. The molecular weight excluding hydrogens is 364 g/mol. The molecule has 0 spiro atoms. The monoisotopic (exact) mass is 394 g/mol. The van der Waals surface area contributed by atoms with E-state index in [-0.39, 0.29) is 0 Å². The van der Waals surface area contributed by atoms with Gasteiger partial charge < -0.3 is 20.1 Å². The number of fused-ring (bicyclic) bond motifs is 1. The van der Waals surface area contributed by atoms with Crippen LogP contribution in [-0.4, -0.2) is 37.2 Å². The maximum atomic E-state index is 6.13. The van der Waals surface area contributed by atoms with Crippen LogP contribution in [0.3, 0.4) is 0 Å². The third-order valence-corrected chi connectivity index (χ3v) is 5.56. The fourth-order valence-electron chi connectivity index (χ4n) is 3.95. The van der Waals surface area contributed by atoms with Crippen LogP contribution in [0.4, 0.5) is 0 Å². The topological polar surface area (TPSA) is 67.8 Å². The van der Waals surface area contributed by atoms with Gasteiger partial charge in [0.2, 0.25) is 5.88 Å². The van der Waals surface area contributed by atoms with Crippen molar-refractivity contribution in [1.82, 2.24) is 15.6 Å². The minimum absolute atomic E-state index is 0.304. The zero-order valence-electron chi connectivity index (χ0n) is 17.1. The molecule has 0 atom stereocenters. The molecule has 29 heavy (non-hydrogen) atoms. The van der Waals surface area contributed by atoms with Crippen LogP contribution >= 0.6 is 0 Å². The van der Waals surface area contributed by atoms with E-state index in [0.29, 0.717) is 12.6 Å². The van der Waals surface area contributed by atoms with Crippen molar-refractivity contribution in [2.75, 3.05) is 20.2 Å². The first-order valence-corrected chi connectivity index (χ1v) is 10.6. The van der Waals surface area contributed by atoms with Crippen LogP contribution in [0, 0.1) is 0 Å². The van der Waals surface area contributed by atoms with E-state index in [2.05, 4.69) is 44.9 Å². The first kappa shape index (κ1) is 19.6. The Morgan fingerprint density at radius 2 is 2.14 bits per heavy atom. The second-order valence-electron chi connectivity index (χ2n) is 7.64. The maximum Gasteiger partial charge on any atom is 0.218 e. The second kappa shape index (κ2) is 9.63. The Hall–Kier alpha value is -2.76. The van der Waals surface area contributed by atoms with Crippen molar-refractivity contribution in [1.29, 1.82) is 0 Å². The van der Waals surface area contributed by atoms with Gasteiger partial charge in [0.25, 0.3) is 0 Å². The lowest BCUT2D eigenvalue weighted by atomic mass is 10.1. The van der Waals surface area contributed by atoms with E-state index in [1.54, 1.807) is 13.2 Å². The first-order valence-electron chi connectivity index (χ1n) is 10.6. The molecule has 6 heteroatoms. The summed E-state index contributed by atoms with van der Waals surface area (Å²) in [7, 11) is 1.79. The zero-order valence-corrected chi connectivity index (χ0v) is 17.1. The van der Waals surface area contributed by atoms with Gasteiger partial charge in [-0.1, -0.05) is 18.2 Å². The highest BCUT2D eigenvalue weighted by molar-refractivity contribution is 5.79. The second-order valence-corrected chi connectivity index (χ2v) is 7.64. The van der Waals surface area contributed by atoms with Crippen molar-refractivity contribution in [2.24, 2.45) is 4.99 Å². The number of aliphatic imine (C=N–C) groups is 1. The van der Waals surface area contributed by atoms with Gasteiger partial charge in [0.15, 0.2) is 5.96 Å². The number of guanidine groups is 1. The summed E-state index contributed by atoms with van der Waals surface area (Å²) in [6.45, 7) is 2.25. The summed E-state index contributed by atoms with van der Waals surface area (Å²) in [5.74, 6) is 2.55. The molecule has 154 valence electrons. The Bertz CT molecular complexity index is 847. The van der Waals surface area contributed by atoms with Crippen molar-refractivity contribution < 1.29 is 9.47 Å². The number of ether oxygens (including phenoxy) is 2. The number of nitrogens with zero attached hydrogens (tertiary/aromatic N) is 2. The molecule has 4 rings (SSSR count). The Balaban J connectivity index is 1.26. The van der Waals surface area contributed by atoms with Gasteiger partial charge in [0, 0.05) is 38.3 Å². The van der Waals surface area contributed by atoms with Crippen LogP contribution in [0.25, 0.3) is 0 Å². The molecule has 1 aliphatic carbocycles. The minimum atomic E-state index is 0.304. The normalized spacial score (nSPS) is 16.4. The highest BCUT2D eigenvalue weighted by Crippen LogP contribution is 2.26. The van der Waals surface area contributed by atoms with E-state index >= 15 is 0 Å². The number of pyridine rings is 1. The number of nitrogens with one attached hydrogen (secondary N) is 2. The fourth-order valence-corrected chi connectivity index (χ4v) is 3.95. The van der Waals surface area contributed by atoms with Crippen LogP contribution < -0.4 is 20.1 Å². The van der Waals surface area contributed by atoms with Gasteiger partial charge in [0.05, 0.1) is 6.61 Å². The summed E-state index contributed by atoms with van der Waals surface area (Å²) in [5.41, 5.74) is 3.69. The molecule has 1 fully saturated rings. The molecule has 2 aliphatic rings. The van der Waals surface area contributed by atoms with Gasteiger partial charge in [0.1, 0.15) is 11.9 Å². The summed E-state index contributed by atoms with van der Waals surface area (Å²) >= 11 is 0. The molecule has 1 saturated carbocycles. The Kier molecular flexibility index (Phi) is 6.49. The lowest BCUT2D eigenvalue weighted by Crippen LogP contribution is -2.38. The van der Waals surface area contributed by atoms with Crippen molar-refractivity contribution >= 4 is 5.96 Å². The summed E-state index contributed by atoms with van der Waals surface area (Å²) in [6.07, 6.45) is 8.80. The van der Waals surface area contributed by atoms with Gasteiger partial charge >= 0.3 is 0 Å². The van der Waals surface area contributed by atoms with Gasteiger partial charge in [-0.05, 0) is 55.4 Å². The van der Waals surface area contributed by atoms with Crippen molar-refractivity contribution in [3.05, 3.63) is 53.2 Å². The van der Waals surface area contributed by atoms with E-state index in [1.807, 2.05) is 6.07 Å². The molecule has 0 amide bonds. The Labute approximate surface area is 172 Å². The highest BCUT2D eigenvalue weighted by Gasteiger charge is 2.18. The van der Waals surface area contributed by atoms with E-state index in [9.17, 15) is 0 Å². The van der Waals surface area contributed by atoms with Crippen molar-refractivity contribution in [3.63, 3.8) is 0 Å². The molecular formula is C23H30N4O2. The molecule has 2 aromatic rings. The van der Waals surface area contributed by atoms with E-state index in [0.717, 1.165) is 62.0 Å². The lowest BCUT2D eigenvalue weighted by molar-refractivity contribution is 0.199. The number of rotatable bonds is 7. The Morgan fingerprint density at radius 3 is 3.00 bits per heavy atom. The number of benzene rings is 1. The van der Waals surface area contributed by atoms with Gasteiger partial charge in [-0.25, -0.2) is 4.98 Å². The first-order chi connectivity index (χ1) is 14.3. The van der Waals surface area contributed by atoms with Crippen LogP contribution in [-0.2, 0) is 19.4 Å². The van der Waals surface area contributed by atoms with Crippen LogP contribution in [0.1, 0.15) is 42.4 Å². The molecule has 0 radical (unpaired) electrons. The summed E-state index contributed by atoms with van der Waals surface area (Å²) in [5, 5.41) is 6.77. The smallest absolute Gasteiger partial charge is 0.218 e. The van der Waals surface area contributed by atoms with Crippen LogP contribution in [0.15, 0.2) is 41.5 Å². The highest BCUT2D eigenvalue weighted by atomic mass is 16.5. The third kappa shape index (κ3) is 5.19. The molecule has 0 saturated heterocycles. The summed E-state index contributed by atoms with van der Waals surface area (Å²) in [6, 6.07) is 10.5. The predicted molar refractivity (Wildman–Crippen MR) is 115 cm³/mol. The van der Waals surface area contributed by atoms with Gasteiger partial charge in [-0.3, -0.25) is 4.99 Å². The molecule has 0 bridgehead atoms. The zero-order chi connectivity index (χ0) is 19.9. The molecule has 1 aromatic heterocycles. The molecule has 1 aliphatic heterocycles. The van der Waals surface area contributed by atoms with Crippen LogP contribution in [0.5, 0.6) is 11.6 Å². The standard InChI is InChI=1S/C23H30N4O2/c1-24-23(26-13-10-17-8-9-21-18(15-17)11-14-28-21)27-16-19-5-4-12-25-22(19)29-20-6-2-3-7-20/h4-5,8-9,12,15,20H,2-3,6-7,10-11,13-14,16H2,1H3,(H2,24,26,27). The van der Waals surface area contributed by atoms with Crippen LogP contribution in [0.2, 0.25) is 0 Å². The fraction of sp³-hybridized carbons (Fsp3) is 0.478. The number of hydrogen-bond acceptors (Lipinski definition) is 4. The average molecular weight is 395 g/mol. The molecule has 6 nitrogen and oxygen atoms in total. The van der Waals surface area contributed by atoms with Gasteiger partial charge in [-0.2, -0.15) is 0 Å². The van der Waals surface area contributed by atoms with E-state index < -0.39 is 0 Å². The molecule has 2 heterocycles. The minimum Gasteiger partial charge on any atom is -0.493 e. The molecule has 0 unspecified atom stereocenters. The predicted octanol–water partition coefficient (Wildman–Crippen LogP) is 3.25. The summed E-state index contributed by atoms with van der Waals surface area (Å²) in [4.78, 5) is 8.78. The average Bonchev–Trinajstić information content (AvgIpc) is 3.43. The van der Waals surface area contributed by atoms with Crippen molar-refractivity contribution in [3.8, 4) is 11.6 Å². The maximum absolute atomic E-state index is 6.13. The molecule has 1 aromatic carbocycles. The SMILES string of the molecule is CN=C(NCCc1ccc2c(c1)CCO2)NCc1cccnc1OC1CCCC1. The summed E-state index contributed by atoms with van der Waals surface area (Å²) < 4.78 is 11.7. The van der Waals surface area contributed by atoms with Gasteiger partial charge in [-0.15, -0.1) is 0 Å².